The molecule has 1 aromatic carbocycles. The normalized spacial score (nSPS) is 21.7. The lowest BCUT2D eigenvalue weighted by Crippen LogP contribution is -2.26. The number of hydrogen-bond donors (Lipinski definition) is 0. The average Bonchev–Trinajstić information content (AvgIpc) is 3.11. The number of esters is 1. The number of alkyl halides is 5. The van der Waals surface area contributed by atoms with Crippen LogP contribution in [0.4, 0.5) is 30.7 Å². The average molecular weight is 445 g/mol. The molecule has 2 rings (SSSR count). The number of carbonyl (C=O) groups excluding carboxylic acids is 1. The van der Waals surface area contributed by atoms with E-state index >= 15 is 0 Å². The highest BCUT2D eigenvalue weighted by molar-refractivity contribution is 6.30. The summed E-state index contributed by atoms with van der Waals surface area (Å²) >= 11 is 5.13. The van der Waals surface area contributed by atoms with Crippen LogP contribution in [0, 0.1) is 28.9 Å². The second kappa shape index (κ2) is 7.66. The molecule has 1 fully saturated rings. The second-order valence-corrected chi connectivity index (χ2v) is 7.58. The van der Waals surface area contributed by atoms with E-state index in [1.807, 2.05) is 0 Å². The molecule has 10 heteroatoms. The minimum atomic E-state index is -4.85. The maximum atomic E-state index is 14.3. The number of carbonyl (C=O) groups is 1. The Morgan fingerprint density at radius 2 is 1.79 bits per heavy atom. The van der Waals surface area contributed by atoms with Crippen LogP contribution < -0.4 is 0 Å². The summed E-state index contributed by atoms with van der Waals surface area (Å²) in [6.45, 7) is 6.06. The molecule has 0 N–H and O–H groups in total. The van der Waals surface area contributed by atoms with E-state index in [2.05, 4.69) is 11.3 Å². The van der Waals surface area contributed by atoms with Gasteiger partial charge in [-0.05, 0) is 29.4 Å². The third-order valence-electron chi connectivity index (χ3n) is 4.83. The third kappa shape index (κ3) is 4.60. The van der Waals surface area contributed by atoms with Crippen LogP contribution in [0.25, 0.3) is 0 Å². The van der Waals surface area contributed by atoms with E-state index < -0.39 is 57.7 Å². The summed E-state index contributed by atoms with van der Waals surface area (Å²) in [6, 6.07) is 1.47. The quantitative estimate of drug-likeness (QED) is 0.295. The van der Waals surface area contributed by atoms with Gasteiger partial charge >= 0.3 is 18.3 Å². The van der Waals surface area contributed by atoms with Crippen LogP contribution in [0.5, 0.6) is 0 Å². The van der Waals surface area contributed by atoms with E-state index in [0.29, 0.717) is 12.1 Å². The molecule has 0 saturated heterocycles. The SMILES string of the molecule is C=CCc1ccc(C(F)(F)OC(=O)C2C(C=C(Cl)C(F)(F)F)C2(C)C)c(F)c1F. The minimum Gasteiger partial charge on any atom is -0.397 e. The Labute approximate surface area is 167 Å². The van der Waals surface area contributed by atoms with E-state index in [0.717, 1.165) is 6.07 Å². The molecule has 0 bridgehead atoms. The Kier molecular flexibility index (Phi) is 6.14. The van der Waals surface area contributed by atoms with Gasteiger partial charge in [0.15, 0.2) is 11.6 Å². The molecule has 0 heterocycles. The van der Waals surface area contributed by atoms with Gasteiger partial charge in [-0.3, -0.25) is 4.79 Å². The van der Waals surface area contributed by atoms with Gasteiger partial charge in [-0.25, -0.2) is 8.78 Å². The van der Waals surface area contributed by atoms with Crippen molar-refractivity contribution in [3.63, 3.8) is 0 Å². The van der Waals surface area contributed by atoms with Gasteiger partial charge in [-0.15, -0.1) is 6.58 Å². The van der Waals surface area contributed by atoms with Crippen LogP contribution in [-0.4, -0.2) is 12.1 Å². The summed E-state index contributed by atoms with van der Waals surface area (Å²) < 4.78 is 98.3. The van der Waals surface area contributed by atoms with Crippen molar-refractivity contribution in [2.45, 2.75) is 32.6 Å². The van der Waals surface area contributed by atoms with Gasteiger partial charge in [0.25, 0.3) is 0 Å². The van der Waals surface area contributed by atoms with Crippen LogP contribution in [0.15, 0.2) is 35.9 Å². The van der Waals surface area contributed by atoms with Crippen molar-refractivity contribution in [3.8, 4) is 0 Å². The molecule has 160 valence electrons. The topological polar surface area (TPSA) is 26.3 Å². The molecular weight excluding hydrogens is 429 g/mol. The fraction of sp³-hybridized carbons (Fsp3) is 0.421. The molecule has 1 saturated carbocycles. The molecule has 0 radical (unpaired) electrons. The van der Waals surface area contributed by atoms with Crippen molar-refractivity contribution in [1.82, 2.24) is 0 Å². The molecule has 2 unspecified atom stereocenters. The molecule has 1 aromatic rings. The van der Waals surface area contributed by atoms with Crippen molar-refractivity contribution >= 4 is 17.6 Å². The van der Waals surface area contributed by atoms with Crippen molar-refractivity contribution in [2.24, 2.45) is 17.3 Å². The zero-order valence-corrected chi connectivity index (χ0v) is 16.0. The predicted molar refractivity (Wildman–Crippen MR) is 91.0 cm³/mol. The fourth-order valence-electron chi connectivity index (χ4n) is 3.06. The van der Waals surface area contributed by atoms with Crippen LogP contribution in [0.2, 0.25) is 0 Å². The number of ether oxygens (including phenoxy) is 1. The summed E-state index contributed by atoms with van der Waals surface area (Å²) in [5, 5.41) is -1.50. The molecule has 29 heavy (non-hydrogen) atoms. The standard InChI is InChI=1S/C19H16ClF7O2/c1-4-5-9-6-7-10(15(22)14(9)21)19(26,27)29-16(28)13-11(17(13,2)3)8-12(20)18(23,24)25/h4,6-8,11,13H,1,5H2,2-3H3. The van der Waals surface area contributed by atoms with Crippen LogP contribution in [0.3, 0.4) is 0 Å². The third-order valence-corrected chi connectivity index (χ3v) is 5.17. The second-order valence-electron chi connectivity index (χ2n) is 7.17. The van der Waals surface area contributed by atoms with E-state index in [9.17, 15) is 35.5 Å². The number of benzene rings is 1. The zero-order valence-electron chi connectivity index (χ0n) is 15.2. The van der Waals surface area contributed by atoms with Crippen LogP contribution >= 0.6 is 11.6 Å². The summed E-state index contributed by atoms with van der Waals surface area (Å²) in [6.07, 6.45) is -7.71. The maximum absolute atomic E-state index is 14.3. The van der Waals surface area contributed by atoms with E-state index in [1.54, 1.807) is 0 Å². The Morgan fingerprint density at radius 1 is 1.21 bits per heavy atom. The number of halogens is 8. The molecule has 1 aliphatic carbocycles. The first kappa shape index (κ1) is 23.3. The molecular formula is C19H16ClF7O2. The Morgan fingerprint density at radius 3 is 2.31 bits per heavy atom. The molecule has 2 atom stereocenters. The maximum Gasteiger partial charge on any atom is 0.431 e. The Balaban J connectivity index is 2.24. The molecule has 2 nitrogen and oxygen atoms in total. The van der Waals surface area contributed by atoms with Crippen molar-refractivity contribution in [1.29, 1.82) is 0 Å². The predicted octanol–water partition coefficient (Wildman–Crippen LogP) is 6.24. The lowest BCUT2D eigenvalue weighted by molar-refractivity contribution is -0.243. The van der Waals surface area contributed by atoms with Crippen molar-refractivity contribution < 1.29 is 40.3 Å². The first-order chi connectivity index (χ1) is 13.1. The van der Waals surface area contributed by atoms with Gasteiger partial charge in [-0.2, -0.15) is 22.0 Å². The minimum absolute atomic E-state index is 0.112. The first-order valence-corrected chi connectivity index (χ1v) is 8.65. The van der Waals surface area contributed by atoms with Crippen molar-refractivity contribution in [3.05, 3.63) is 58.7 Å². The molecule has 0 amide bonds. The Hall–Kier alpha value is -2.03. The van der Waals surface area contributed by atoms with Gasteiger partial charge in [0.1, 0.15) is 10.6 Å². The number of hydrogen-bond acceptors (Lipinski definition) is 2. The zero-order chi connectivity index (χ0) is 22.4. The van der Waals surface area contributed by atoms with Gasteiger partial charge in [-0.1, -0.05) is 43.7 Å². The first-order valence-electron chi connectivity index (χ1n) is 8.28. The highest BCUT2D eigenvalue weighted by atomic mass is 35.5. The largest absolute Gasteiger partial charge is 0.431 e. The summed E-state index contributed by atoms with van der Waals surface area (Å²) in [5.41, 5.74) is -2.87. The number of rotatable bonds is 6. The smallest absolute Gasteiger partial charge is 0.397 e. The summed E-state index contributed by atoms with van der Waals surface area (Å²) in [7, 11) is 0. The van der Waals surface area contributed by atoms with Crippen LogP contribution in [-0.2, 0) is 22.1 Å². The lowest BCUT2D eigenvalue weighted by atomic mass is 10.1. The molecule has 0 aromatic heterocycles. The van der Waals surface area contributed by atoms with Crippen molar-refractivity contribution in [2.75, 3.05) is 0 Å². The van der Waals surface area contributed by atoms with Gasteiger partial charge in [0.05, 0.1) is 5.92 Å². The number of allylic oxidation sites excluding steroid dienone is 3. The fourth-order valence-corrected chi connectivity index (χ4v) is 3.20. The highest BCUT2D eigenvalue weighted by Crippen LogP contribution is 2.61. The molecule has 1 aliphatic rings. The van der Waals surface area contributed by atoms with E-state index in [-0.39, 0.29) is 12.0 Å². The van der Waals surface area contributed by atoms with E-state index in [4.69, 9.17) is 11.6 Å². The summed E-state index contributed by atoms with van der Waals surface area (Å²) in [5.74, 6) is -7.46. The molecule has 0 aliphatic heterocycles. The lowest BCUT2D eigenvalue weighted by Gasteiger charge is -2.19. The van der Waals surface area contributed by atoms with E-state index in [1.165, 1.54) is 19.9 Å². The monoisotopic (exact) mass is 444 g/mol. The van der Waals surface area contributed by atoms with Gasteiger partial charge < -0.3 is 4.74 Å². The summed E-state index contributed by atoms with van der Waals surface area (Å²) in [4.78, 5) is 12.1. The van der Waals surface area contributed by atoms with Gasteiger partial charge in [0.2, 0.25) is 0 Å². The highest BCUT2D eigenvalue weighted by Gasteiger charge is 2.63. The molecule has 0 spiro atoms. The van der Waals surface area contributed by atoms with Gasteiger partial charge in [0, 0.05) is 0 Å². The van der Waals surface area contributed by atoms with Crippen LogP contribution in [0.1, 0.15) is 25.0 Å². The Bertz CT molecular complexity index is 859.